The van der Waals surface area contributed by atoms with Gasteiger partial charge in [-0.05, 0) is 30.5 Å². The van der Waals surface area contributed by atoms with E-state index in [4.69, 9.17) is 4.52 Å². The van der Waals surface area contributed by atoms with Crippen LogP contribution in [0.3, 0.4) is 0 Å². The number of hydrogen-bond acceptors (Lipinski definition) is 5. The van der Waals surface area contributed by atoms with Crippen LogP contribution in [0.25, 0.3) is 0 Å². The smallest absolute Gasteiger partial charge is 0.191 e. The maximum absolute atomic E-state index is 5.52. The highest BCUT2D eigenvalue weighted by Gasteiger charge is 2.17. The van der Waals surface area contributed by atoms with Crippen molar-refractivity contribution in [2.75, 3.05) is 39.8 Å². The molecule has 2 heterocycles. The lowest BCUT2D eigenvalue weighted by Crippen LogP contribution is -2.45. The molecule has 7 nitrogen and oxygen atoms in total. The van der Waals surface area contributed by atoms with Crippen LogP contribution >= 0.6 is 24.0 Å². The van der Waals surface area contributed by atoms with Crippen molar-refractivity contribution in [3.63, 3.8) is 0 Å². The molecule has 184 valence electrons. The maximum atomic E-state index is 5.52. The first-order valence-electron chi connectivity index (χ1n) is 12.1. The number of nitrogens with one attached hydrogen (secondary N) is 2. The molecule has 0 amide bonds. The van der Waals surface area contributed by atoms with E-state index in [0.717, 1.165) is 76.1 Å². The molecule has 2 aromatic rings. The Kier molecular flexibility index (Phi) is 12.2. The summed E-state index contributed by atoms with van der Waals surface area (Å²) >= 11 is 0. The van der Waals surface area contributed by atoms with Gasteiger partial charge in [0, 0.05) is 58.3 Å². The maximum Gasteiger partial charge on any atom is 0.191 e. The summed E-state index contributed by atoms with van der Waals surface area (Å²) in [6.07, 6.45) is 2.15. The van der Waals surface area contributed by atoms with Crippen LogP contribution in [0.5, 0.6) is 0 Å². The zero-order valence-corrected chi connectivity index (χ0v) is 23.0. The van der Waals surface area contributed by atoms with E-state index in [1.165, 1.54) is 11.1 Å². The molecule has 3 rings (SSSR count). The quantitative estimate of drug-likeness (QED) is 0.255. The Morgan fingerprint density at radius 2 is 1.64 bits per heavy atom. The first-order valence-corrected chi connectivity index (χ1v) is 12.1. The molecular formula is C25H41IN6O. The Balaban J connectivity index is 0.00000385. The third-order valence-corrected chi connectivity index (χ3v) is 6.51. The van der Waals surface area contributed by atoms with Crippen molar-refractivity contribution < 1.29 is 4.52 Å². The van der Waals surface area contributed by atoms with Crippen LogP contribution in [0.2, 0.25) is 0 Å². The highest BCUT2D eigenvalue weighted by molar-refractivity contribution is 14.0. The number of aromatic nitrogens is 1. The van der Waals surface area contributed by atoms with Crippen molar-refractivity contribution in [3.05, 3.63) is 52.9 Å². The van der Waals surface area contributed by atoms with E-state index in [2.05, 4.69) is 81.7 Å². The van der Waals surface area contributed by atoms with Crippen molar-refractivity contribution >= 4 is 29.9 Å². The molecule has 0 unspecified atom stereocenters. The lowest BCUT2D eigenvalue weighted by atomic mass is 9.99. The summed E-state index contributed by atoms with van der Waals surface area (Å²) in [6, 6.07) is 10.8. The normalized spacial score (nSPS) is 15.5. The molecule has 1 aromatic carbocycles. The second kappa shape index (κ2) is 14.6. The Labute approximate surface area is 216 Å². The number of hydrogen-bond donors (Lipinski definition) is 2. The van der Waals surface area contributed by atoms with Gasteiger partial charge in [0.05, 0.1) is 12.2 Å². The summed E-state index contributed by atoms with van der Waals surface area (Å²) in [6.45, 7) is 14.7. The molecule has 1 aliphatic rings. The van der Waals surface area contributed by atoms with Crippen LogP contribution in [0.4, 0.5) is 0 Å². The lowest BCUT2D eigenvalue weighted by molar-refractivity contribution is 0.131. The third kappa shape index (κ3) is 8.26. The standard InChI is InChI=1S/C25H40N6O.HI/c1-5-20(6-2)24-16-23(32-29-24)18-28-25(26-4)27-17-21-10-8-9-11-22(21)19-31-14-12-30(7-3)13-15-31;/h8-11,16,20H,5-7,12-15,17-19H2,1-4H3,(H2,26,27,28);1H. The Hall–Kier alpha value is -1.65. The first kappa shape index (κ1) is 27.6. The van der Waals surface area contributed by atoms with Gasteiger partial charge in [0.15, 0.2) is 11.7 Å². The number of rotatable bonds is 10. The Morgan fingerprint density at radius 3 is 2.27 bits per heavy atom. The number of piperazine rings is 1. The van der Waals surface area contributed by atoms with Crippen molar-refractivity contribution in [1.29, 1.82) is 0 Å². The molecule has 0 bridgehead atoms. The molecule has 1 saturated heterocycles. The first-order chi connectivity index (χ1) is 15.7. The number of guanidine groups is 1. The van der Waals surface area contributed by atoms with E-state index in [0.29, 0.717) is 12.5 Å². The van der Waals surface area contributed by atoms with Crippen molar-refractivity contribution in [3.8, 4) is 0 Å². The van der Waals surface area contributed by atoms with Crippen LogP contribution in [-0.4, -0.2) is 60.7 Å². The van der Waals surface area contributed by atoms with Gasteiger partial charge in [0.2, 0.25) is 0 Å². The second-order valence-corrected chi connectivity index (χ2v) is 8.49. The van der Waals surface area contributed by atoms with Crippen LogP contribution in [0, 0.1) is 0 Å². The third-order valence-electron chi connectivity index (χ3n) is 6.51. The minimum Gasteiger partial charge on any atom is -0.359 e. The minimum atomic E-state index is 0. The SMILES string of the molecule is CCC(CC)c1cc(CNC(=NC)NCc2ccccc2CN2CCN(CC)CC2)on1.I. The average Bonchev–Trinajstić information content (AvgIpc) is 3.30. The van der Waals surface area contributed by atoms with E-state index in [9.17, 15) is 0 Å². The van der Waals surface area contributed by atoms with E-state index in [1.54, 1.807) is 7.05 Å². The average molecular weight is 569 g/mol. The summed E-state index contributed by atoms with van der Waals surface area (Å²) < 4.78 is 5.52. The molecule has 1 fully saturated rings. The summed E-state index contributed by atoms with van der Waals surface area (Å²) in [5.41, 5.74) is 3.73. The second-order valence-electron chi connectivity index (χ2n) is 8.49. The van der Waals surface area contributed by atoms with Crippen molar-refractivity contribution in [2.45, 2.75) is 59.2 Å². The molecule has 1 aliphatic heterocycles. The van der Waals surface area contributed by atoms with Gasteiger partial charge >= 0.3 is 0 Å². The predicted molar refractivity (Wildman–Crippen MR) is 146 cm³/mol. The molecule has 33 heavy (non-hydrogen) atoms. The largest absolute Gasteiger partial charge is 0.359 e. The Morgan fingerprint density at radius 1 is 1.00 bits per heavy atom. The fourth-order valence-corrected chi connectivity index (χ4v) is 4.27. The number of benzene rings is 1. The molecule has 1 aromatic heterocycles. The van der Waals surface area contributed by atoms with Crippen LogP contribution < -0.4 is 10.6 Å². The highest BCUT2D eigenvalue weighted by atomic mass is 127. The van der Waals surface area contributed by atoms with E-state index in [1.807, 2.05) is 0 Å². The molecule has 0 saturated carbocycles. The van der Waals surface area contributed by atoms with E-state index >= 15 is 0 Å². The minimum absolute atomic E-state index is 0. The van der Waals surface area contributed by atoms with Gasteiger partial charge in [-0.2, -0.15) is 0 Å². The number of aliphatic imine (C=N–C) groups is 1. The van der Waals surface area contributed by atoms with Crippen LogP contribution in [0.15, 0.2) is 39.8 Å². The predicted octanol–water partition coefficient (Wildman–Crippen LogP) is 4.20. The topological polar surface area (TPSA) is 68.9 Å². The van der Waals surface area contributed by atoms with Gasteiger partial charge in [-0.1, -0.05) is 50.2 Å². The van der Waals surface area contributed by atoms with Crippen molar-refractivity contribution in [1.82, 2.24) is 25.6 Å². The summed E-state index contributed by atoms with van der Waals surface area (Å²) in [5, 5.41) is 11.0. The van der Waals surface area contributed by atoms with Gasteiger partial charge in [0.1, 0.15) is 0 Å². The van der Waals surface area contributed by atoms with Gasteiger partial charge in [-0.15, -0.1) is 24.0 Å². The number of likely N-dealkylation sites (N-methyl/N-ethyl adjacent to an activating group) is 1. The fraction of sp³-hybridized carbons (Fsp3) is 0.600. The van der Waals surface area contributed by atoms with E-state index < -0.39 is 0 Å². The highest BCUT2D eigenvalue weighted by Crippen LogP contribution is 2.22. The van der Waals surface area contributed by atoms with Gasteiger partial charge in [-0.25, -0.2) is 0 Å². The van der Waals surface area contributed by atoms with Crippen LogP contribution in [0.1, 0.15) is 62.1 Å². The number of nitrogens with zero attached hydrogens (tertiary/aromatic N) is 4. The zero-order chi connectivity index (χ0) is 22.8. The molecule has 0 aliphatic carbocycles. The molecule has 0 spiro atoms. The van der Waals surface area contributed by atoms with Gasteiger partial charge in [-0.3, -0.25) is 9.89 Å². The molecule has 0 atom stereocenters. The van der Waals surface area contributed by atoms with E-state index in [-0.39, 0.29) is 24.0 Å². The fourth-order valence-electron chi connectivity index (χ4n) is 4.27. The van der Waals surface area contributed by atoms with Gasteiger partial charge in [0.25, 0.3) is 0 Å². The van der Waals surface area contributed by atoms with Crippen LogP contribution in [-0.2, 0) is 19.6 Å². The van der Waals surface area contributed by atoms with Gasteiger partial charge < -0.3 is 20.1 Å². The summed E-state index contributed by atoms with van der Waals surface area (Å²) in [4.78, 5) is 9.44. The molecular weight excluding hydrogens is 527 g/mol. The summed E-state index contributed by atoms with van der Waals surface area (Å²) in [7, 11) is 1.80. The monoisotopic (exact) mass is 568 g/mol. The lowest BCUT2D eigenvalue weighted by Gasteiger charge is -2.34. The molecule has 8 heteroatoms. The van der Waals surface area contributed by atoms with Crippen molar-refractivity contribution in [2.24, 2.45) is 4.99 Å². The molecule has 2 N–H and O–H groups in total. The molecule has 0 radical (unpaired) electrons. The summed E-state index contributed by atoms with van der Waals surface area (Å²) in [5.74, 6) is 2.06. The zero-order valence-electron chi connectivity index (χ0n) is 20.6. The Bertz CT molecular complexity index is 843. The number of halogens is 1.